The Balaban J connectivity index is 2.29. The zero-order chi connectivity index (χ0) is 17.3. The van der Waals surface area contributed by atoms with Gasteiger partial charge in [0.2, 0.25) is 0 Å². The number of pyridine rings is 1. The number of anilines is 1. The van der Waals surface area contributed by atoms with E-state index < -0.39 is 27.7 Å². The minimum Gasteiger partial charge on any atom is -0.295 e. The molecule has 0 aliphatic rings. The average molecular weight is 344 g/mol. The number of ketones is 1. The summed E-state index contributed by atoms with van der Waals surface area (Å²) >= 11 is 0. The predicted octanol–water partition coefficient (Wildman–Crippen LogP) is 3.10. The van der Waals surface area contributed by atoms with Crippen LogP contribution in [0.2, 0.25) is 0 Å². The first kappa shape index (κ1) is 16.9. The number of nitrogens with one attached hydrogen (secondary N) is 1. The average Bonchev–Trinajstić information content (AvgIpc) is 2.46. The number of sulfonamides is 1. The maximum absolute atomic E-state index is 12.6. The lowest BCUT2D eigenvalue weighted by atomic mass is 10.2. The summed E-state index contributed by atoms with van der Waals surface area (Å²) in [7, 11) is -4.11. The Kier molecular flexibility index (Phi) is 4.42. The van der Waals surface area contributed by atoms with Crippen LogP contribution in [0.15, 0.2) is 47.4 Å². The molecule has 0 fully saturated rings. The molecular formula is C14H11F3N2O3S. The highest BCUT2D eigenvalue weighted by molar-refractivity contribution is 7.92. The second-order valence-corrected chi connectivity index (χ2v) is 6.27. The van der Waals surface area contributed by atoms with Crippen molar-refractivity contribution >= 4 is 21.6 Å². The number of aromatic nitrogens is 1. The second kappa shape index (κ2) is 5.99. The van der Waals surface area contributed by atoms with Crippen LogP contribution in [0.3, 0.4) is 0 Å². The van der Waals surface area contributed by atoms with Gasteiger partial charge in [0.25, 0.3) is 10.0 Å². The number of rotatable bonds is 4. The molecule has 0 aliphatic heterocycles. The van der Waals surface area contributed by atoms with Crippen molar-refractivity contribution in [2.45, 2.75) is 18.0 Å². The van der Waals surface area contributed by atoms with Crippen LogP contribution in [0.4, 0.5) is 19.0 Å². The molecule has 9 heteroatoms. The molecule has 0 unspecified atom stereocenters. The van der Waals surface area contributed by atoms with Crippen LogP contribution in [0.5, 0.6) is 0 Å². The van der Waals surface area contributed by atoms with Crippen LogP contribution >= 0.6 is 0 Å². The summed E-state index contributed by atoms with van der Waals surface area (Å²) < 4.78 is 63.9. The van der Waals surface area contributed by atoms with Gasteiger partial charge in [0.05, 0.1) is 4.90 Å². The van der Waals surface area contributed by atoms with Gasteiger partial charge in [-0.2, -0.15) is 13.2 Å². The summed E-state index contributed by atoms with van der Waals surface area (Å²) in [6.07, 6.45) is -4.68. The molecule has 23 heavy (non-hydrogen) atoms. The highest BCUT2D eigenvalue weighted by atomic mass is 32.2. The monoisotopic (exact) mass is 344 g/mol. The van der Waals surface area contributed by atoms with Gasteiger partial charge in [-0.15, -0.1) is 0 Å². The first-order valence-corrected chi connectivity index (χ1v) is 7.76. The van der Waals surface area contributed by atoms with E-state index in [1.807, 2.05) is 4.72 Å². The Morgan fingerprint density at radius 3 is 2.22 bits per heavy atom. The topological polar surface area (TPSA) is 76.1 Å². The van der Waals surface area contributed by atoms with Crippen LogP contribution in [0.1, 0.15) is 23.0 Å². The molecule has 0 amide bonds. The van der Waals surface area contributed by atoms with Crippen LogP contribution in [-0.2, 0) is 16.2 Å². The molecule has 122 valence electrons. The van der Waals surface area contributed by atoms with Gasteiger partial charge in [-0.3, -0.25) is 9.52 Å². The van der Waals surface area contributed by atoms with E-state index in [2.05, 4.69) is 4.98 Å². The van der Waals surface area contributed by atoms with Crippen LogP contribution < -0.4 is 4.72 Å². The molecule has 0 saturated heterocycles. The highest BCUT2D eigenvalue weighted by Crippen LogP contribution is 2.28. The van der Waals surface area contributed by atoms with Crippen molar-refractivity contribution in [2.24, 2.45) is 0 Å². The third-order valence-electron chi connectivity index (χ3n) is 2.85. The molecule has 0 radical (unpaired) electrons. The number of halogens is 3. The Bertz CT molecular complexity index is 831. The van der Waals surface area contributed by atoms with Crippen LogP contribution in [0, 0.1) is 0 Å². The SMILES string of the molecule is CC(=O)c1ccc(S(=O)(=O)Nc2cccc(C(F)(F)F)n2)cc1. The normalized spacial score (nSPS) is 12.0. The van der Waals surface area contributed by atoms with Gasteiger partial charge in [-0.25, -0.2) is 13.4 Å². The standard InChI is InChI=1S/C14H11F3N2O3S/c1-9(20)10-5-7-11(8-6-10)23(21,22)19-13-4-2-3-12(18-13)14(15,16)17/h2-8H,1H3,(H,18,19). The molecule has 1 N–H and O–H groups in total. The summed E-state index contributed by atoms with van der Waals surface area (Å²) in [5, 5.41) is 0. The predicted molar refractivity (Wildman–Crippen MR) is 76.5 cm³/mol. The van der Waals surface area contributed by atoms with Crippen molar-refractivity contribution in [2.75, 3.05) is 4.72 Å². The Morgan fingerprint density at radius 1 is 1.09 bits per heavy atom. The van der Waals surface area contributed by atoms with Crippen molar-refractivity contribution in [1.82, 2.24) is 4.98 Å². The van der Waals surface area contributed by atoms with Crippen molar-refractivity contribution in [3.63, 3.8) is 0 Å². The molecule has 5 nitrogen and oxygen atoms in total. The molecule has 1 heterocycles. The summed E-state index contributed by atoms with van der Waals surface area (Å²) in [6, 6.07) is 7.90. The molecule has 0 saturated carbocycles. The number of alkyl halides is 3. The third-order valence-corrected chi connectivity index (χ3v) is 4.22. The zero-order valence-electron chi connectivity index (χ0n) is 11.8. The molecule has 1 aromatic carbocycles. The summed E-state index contributed by atoms with van der Waals surface area (Å²) in [4.78, 5) is 14.2. The molecule has 2 aromatic rings. The fourth-order valence-electron chi connectivity index (χ4n) is 1.71. The summed E-state index contributed by atoms with van der Waals surface area (Å²) in [5.74, 6) is -0.683. The first-order valence-electron chi connectivity index (χ1n) is 6.28. The van der Waals surface area contributed by atoms with E-state index in [0.717, 1.165) is 18.2 Å². The van der Waals surface area contributed by atoms with Crippen LogP contribution in [0.25, 0.3) is 0 Å². The van der Waals surface area contributed by atoms with E-state index in [0.29, 0.717) is 5.56 Å². The number of benzene rings is 1. The summed E-state index contributed by atoms with van der Waals surface area (Å²) in [6.45, 7) is 1.33. The number of hydrogen-bond donors (Lipinski definition) is 1. The lowest BCUT2D eigenvalue weighted by Gasteiger charge is -2.10. The van der Waals surface area contributed by atoms with Crippen molar-refractivity contribution in [3.05, 3.63) is 53.7 Å². The van der Waals surface area contributed by atoms with E-state index in [9.17, 15) is 26.4 Å². The van der Waals surface area contributed by atoms with E-state index >= 15 is 0 Å². The molecule has 1 aromatic heterocycles. The van der Waals surface area contributed by atoms with E-state index in [-0.39, 0.29) is 10.7 Å². The van der Waals surface area contributed by atoms with Crippen molar-refractivity contribution in [1.29, 1.82) is 0 Å². The maximum atomic E-state index is 12.6. The lowest BCUT2D eigenvalue weighted by molar-refractivity contribution is -0.141. The van der Waals surface area contributed by atoms with E-state index in [1.54, 1.807) is 0 Å². The number of carbonyl (C=O) groups is 1. The van der Waals surface area contributed by atoms with Crippen molar-refractivity contribution < 1.29 is 26.4 Å². The number of hydrogen-bond acceptors (Lipinski definition) is 4. The van der Waals surface area contributed by atoms with Crippen molar-refractivity contribution in [3.8, 4) is 0 Å². The molecular weight excluding hydrogens is 333 g/mol. The van der Waals surface area contributed by atoms with E-state index in [1.165, 1.54) is 31.2 Å². The zero-order valence-corrected chi connectivity index (χ0v) is 12.6. The molecule has 0 bridgehead atoms. The number of Topliss-reactive ketones (excluding diaryl/α,β-unsaturated/α-hetero) is 1. The number of nitrogens with zero attached hydrogens (tertiary/aromatic N) is 1. The molecule has 0 aliphatic carbocycles. The van der Waals surface area contributed by atoms with Gasteiger partial charge in [-0.05, 0) is 31.2 Å². The molecule has 0 atom stereocenters. The Labute approximate surface area is 130 Å². The maximum Gasteiger partial charge on any atom is 0.433 e. The molecule has 2 rings (SSSR count). The largest absolute Gasteiger partial charge is 0.433 e. The minimum atomic E-state index is -4.68. The van der Waals surface area contributed by atoms with Gasteiger partial charge < -0.3 is 0 Å². The fourth-order valence-corrected chi connectivity index (χ4v) is 2.72. The first-order chi connectivity index (χ1) is 10.6. The second-order valence-electron chi connectivity index (χ2n) is 4.59. The highest BCUT2D eigenvalue weighted by Gasteiger charge is 2.32. The van der Waals surface area contributed by atoms with Gasteiger partial charge in [-0.1, -0.05) is 18.2 Å². The Morgan fingerprint density at radius 2 is 1.70 bits per heavy atom. The lowest BCUT2D eigenvalue weighted by Crippen LogP contribution is -2.16. The molecule has 0 spiro atoms. The van der Waals surface area contributed by atoms with Gasteiger partial charge >= 0.3 is 6.18 Å². The quantitative estimate of drug-likeness (QED) is 0.865. The minimum absolute atomic E-state index is 0.193. The van der Waals surface area contributed by atoms with Gasteiger partial charge in [0.15, 0.2) is 5.78 Å². The summed E-state index contributed by atoms with van der Waals surface area (Å²) in [5.41, 5.74) is -0.884. The Hall–Kier alpha value is -2.42. The number of carbonyl (C=O) groups excluding carboxylic acids is 1. The fraction of sp³-hybridized carbons (Fsp3) is 0.143. The van der Waals surface area contributed by atoms with Gasteiger partial charge in [0, 0.05) is 5.56 Å². The van der Waals surface area contributed by atoms with Crippen LogP contribution in [-0.4, -0.2) is 19.2 Å². The third kappa shape index (κ3) is 4.07. The smallest absolute Gasteiger partial charge is 0.295 e. The van der Waals surface area contributed by atoms with Gasteiger partial charge in [0.1, 0.15) is 11.5 Å². The van der Waals surface area contributed by atoms with E-state index in [4.69, 9.17) is 0 Å².